The van der Waals surface area contributed by atoms with Crippen LogP contribution in [0.25, 0.3) is 0 Å². The zero-order valence-electron chi connectivity index (χ0n) is 6.52. The second kappa shape index (κ2) is 2.31. The Morgan fingerprint density at radius 2 is 2.62 bits per heavy atom. The van der Waals surface area contributed by atoms with Crippen LogP contribution in [0.2, 0.25) is 0 Å². The zero-order chi connectivity index (χ0) is 6.91. The molecule has 46 valence electrons. The van der Waals surface area contributed by atoms with Crippen LogP contribution in [-0.2, 0) is 0 Å². The number of hydrogen-bond acceptors (Lipinski definition) is 1. The van der Waals surface area contributed by atoms with Crippen LogP contribution in [0.1, 0.15) is 8.29 Å². The van der Waals surface area contributed by atoms with Gasteiger partial charge in [0.1, 0.15) is 0 Å². The van der Waals surface area contributed by atoms with E-state index in [2.05, 4.69) is 11.0 Å². The molecule has 8 heavy (non-hydrogen) atoms. The molecule has 0 N–H and O–H groups in total. The lowest BCUT2D eigenvalue weighted by molar-refractivity contribution is 0.323. The molecule has 0 fully saturated rings. The molecule has 0 aliphatic carbocycles. The van der Waals surface area contributed by atoms with Crippen LogP contribution in [0.5, 0.6) is 0 Å². The Labute approximate surface area is 52.4 Å². The zero-order valence-corrected chi connectivity index (χ0v) is 5.52. The van der Waals surface area contributed by atoms with Gasteiger partial charge in [-0.1, -0.05) is 19.1 Å². The highest BCUT2D eigenvalue weighted by atomic mass is 15.1. The summed E-state index contributed by atoms with van der Waals surface area (Å²) >= 11 is 0. The molecule has 0 aromatic heterocycles. The first-order valence-corrected chi connectivity index (χ1v) is 2.96. The van der Waals surface area contributed by atoms with E-state index in [1.54, 1.807) is 0 Å². The summed E-state index contributed by atoms with van der Waals surface area (Å²) in [6, 6.07) is 0. The van der Waals surface area contributed by atoms with E-state index < -0.39 is 0 Å². The van der Waals surface area contributed by atoms with Crippen molar-refractivity contribution in [3.63, 3.8) is 0 Å². The lowest BCUT2D eigenvalue weighted by Gasteiger charge is -2.21. The quantitative estimate of drug-likeness (QED) is 0.424. The molecular weight excluding hydrogens is 98.1 g/mol. The summed E-state index contributed by atoms with van der Waals surface area (Å²) < 4.78 is 7.63. The minimum Gasteiger partial charge on any atom is -0.302 e. The van der Waals surface area contributed by atoms with Crippen molar-refractivity contribution in [2.45, 2.75) is 6.92 Å². The molecule has 0 spiro atoms. The van der Waals surface area contributed by atoms with E-state index in [9.17, 15) is 0 Å². The highest BCUT2D eigenvalue weighted by Crippen LogP contribution is 2.04. The third kappa shape index (κ3) is 1.34. The van der Waals surface area contributed by atoms with E-state index in [-0.39, 0.29) is 5.89 Å². The van der Waals surface area contributed by atoms with Crippen LogP contribution in [0, 0.1) is 5.89 Å². The van der Waals surface area contributed by atoms with Gasteiger partial charge in [-0.2, -0.15) is 0 Å². The van der Waals surface area contributed by atoms with Crippen LogP contribution in [-0.4, -0.2) is 25.0 Å². The molecule has 0 aromatic carbocycles. The Morgan fingerprint density at radius 1 is 1.88 bits per heavy atom. The minimum absolute atomic E-state index is 0.354. The Balaban J connectivity index is 2.60. The predicted octanol–water partition coefficient (Wildman–Crippen LogP) is 1.12. The highest BCUT2D eigenvalue weighted by molar-refractivity contribution is 4.93. The fourth-order valence-electron chi connectivity index (χ4n) is 0.977. The van der Waals surface area contributed by atoms with Crippen LogP contribution >= 0.6 is 0 Å². The van der Waals surface area contributed by atoms with E-state index >= 15 is 0 Å². The minimum atomic E-state index is -0.354. The normalized spacial score (nSPS) is 42.0. The summed E-state index contributed by atoms with van der Waals surface area (Å²) in [6.07, 6.45) is 4.02. The van der Waals surface area contributed by atoms with Crippen molar-refractivity contribution in [3.8, 4) is 0 Å². The molecule has 1 aliphatic heterocycles. The predicted molar refractivity (Wildman–Crippen MR) is 35.8 cm³/mol. The molecule has 1 unspecified atom stereocenters. The molecule has 0 saturated carbocycles. The first-order valence-electron chi connectivity index (χ1n) is 3.46. The SMILES string of the molecule is [2H]C1(C)C=CCN(C)C1. The molecule has 0 amide bonds. The topological polar surface area (TPSA) is 3.24 Å². The first kappa shape index (κ1) is 4.57. The maximum Gasteiger partial charge on any atom is 0.0356 e. The van der Waals surface area contributed by atoms with Crippen molar-refractivity contribution >= 4 is 0 Å². The molecule has 0 aromatic rings. The van der Waals surface area contributed by atoms with Gasteiger partial charge in [-0.25, -0.2) is 0 Å². The van der Waals surface area contributed by atoms with Gasteiger partial charge in [0.2, 0.25) is 0 Å². The van der Waals surface area contributed by atoms with E-state index in [0.29, 0.717) is 0 Å². The van der Waals surface area contributed by atoms with Gasteiger partial charge in [0.15, 0.2) is 0 Å². The summed E-state index contributed by atoms with van der Waals surface area (Å²) in [5.41, 5.74) is 0. The third-order valence-electron chi connectivity index (χ3n) is 1.34. The number of likely N-dealkylation sites (N-methyl/N-ethyl adjacent to an activating group) is 1. The van der Waals surface area contributed by atoms with Crippen LogP contribution in [0.4, 0.5) is 0 Å². The summed E-state index contributed by atoms with van der Waals surface area (Å²) in [6.45, 7) is 3.77. The van der Waals surface area contributed by atoms with Gasteiger partial charge < -0.3 is 4.90 Å². The summed E-state index contributed by atoms with van der Waals surface area (Å²) in [4.78, 5) is 2.15. The monoisotopic (exact) mass is 112 g/mol. The van der Waals surface area contributed by atoms with Gasteiger partial charge in [0.25, 0.3) is 0 Å². The fourth-order valence-corrected chi connectivity index (χ4v) is 0.977. The molecule has 1 atom stereocenters. The Morgan fingerprint density at radius 3 is 3.00 bits per heavy atom. The maximum absolute atomic E-state index is 7.63. The van der Waals surface area contributed by atoms with Crippen molar-refractivity contribution in [2.75, 3.05) is 20.1 Å². The smallest absolute Gasteiger partial charge is 0.0356 e. The number of hydrogen-bond donors (Lipinski definition) is 0. The van der Waals surface area contributed by atoms with Crippen molar-refractivity contribution in [3.05, 3.63) is 12.2 Å². The molecule has 1 nitrogen and oxygen atoms in total. The summed E-state index contributed by atoms with van der Waals surface area (Å²) in [7, 11) is 2.04. The second-order valence-electron chi connectivity index (χ2n) is 2.45. The second-order valence-corrected chi connectivity index (χ2v) is 2.45. The summed E-state index contributed by atoms with van der Waals surface area (Å²) in [5, 5.41) is 0. The van der Waals surface area contributed by atoms with Gasteiger partial charge >= 0.3 is 0 Å². The van der Waals surface area contributed by atoms with Gasteiger partial charge in [-0.3, -0.25) is 0 Å². The molecule has 0 radical (unpaired) electrons. The summed E-state index contributed by atoms with van der Waals surface area (Å²) in [5.74, 6) is -0.354. The average molecular weight is 112 g/mol. The van der Waals surface area contributed by atoms with E-state index in [1.807, 2.05) is 20.0 Å². The molecule has 1 heteroatoms. The highest BCUT2D eigenvalue weighted by Gasteiger charge is 2.04. The number of rotatable bonds is 0. The van der Waals surface area contributed by atoms with Gasteiger partial charge in [-0.05, 0) is 12.9 Å². The van der Waals surface area contributed by atoms with Gasteiger partial charge in [0.05, 0.1) is 0 Å². The van der Waals surface area contributed by atoms with Crippen molar-refractivity contribution < 1.29 is 1.37 Å². The molecule has 1 heterocycles. The fraction of sp³-hybridized carbons (Fsp3) is 0.714. The van der Waals surface area contributed by atoms with E-state index in [0.717, 1.165) is 13.1 Å². The van der Waals surface area contributed by atoms with Gasteiger partial charge in [-0.15, -0.1) is 0 Å². The Hall–Kier alpha value is -0.300. The van der Waals surface area contributed by atoms with Crippen molar-refractivity contribution in [2.24, 2.45) is 5.89 Å². The lowest BCUT2D eigenvalue weighted by Crippen LogP contribution is -2.26. The Kier molecular flexibility index (Phi) is 1.32. The van der Waals surface area contributed by atoms with E-state index in [4.69, 9.17) is 1.37 Å². The first-order chi connectivity index (χ1) is 4.10. The third-order valence-corrected chi connectivity index (χ3v) is 1.34. The molecule has 0 saturated heterocycles. The average Bonchev–Trinajstić information content (AvgIpc) is 1.60. The van der Waals surface area contributed by atoms with Gasteiger partial charge in [0, 0.05) is 14.5 Å². The van der Waals surface area contributed by atoms with Crippen LogP contribution in [0.15, 0.2) is 12.2 Å². The maximum atomic E-state index is 7.63. The molecule has 1 rings (SSSR count). The molecule has 0 bridgehead atoms. The van der Waals surface area contributed by atoms with Crippen LogP contribution < -0.4 is 0 Å². The van der Waals surface area contributed by atoms with E-state index in [1.165, 1.54) is 0 Å². The largest absolute Gasteiger partial charge is 0.302 e. The van der Waals surface area contributed by atoms with Crippen molar-refractivity contribution in [1.29, 1.82) is 0 Å². The van der Waals surface area contributed by atoms with Crippen molar-refractivity contribution in [1.82, 2.24) is 4.90 Å². The molecule has 1 aliphatic rings. The Bertz CT molecular complexity index is 129. The van der Waals surface area contributed by atoms with Crippen LogP contribution in [0.3, 0.4) is 0 Å². The standard InChI is InChI=1S/C7H13N/c1-7-4-3-5-8(2)6-7/h3-4,7H,5-6H2,1-2H3/i7D. The lowest BCUT2D eigenvalue weighted by atomic mass is 10.1. The molecular formula is C7H13N. The number of nitrogens with zero attached hydrogens (tertiary/aromatic N) is 1.